The first kappa shape index (κ1) is 7.28. The molecule has 62 valence electrons. The van der Waals surface area contributed by atoms with Gasteiger partial charge < -0.3 is 5.32 Å². The minimum absolute atomic E-state index is 0.0474. The van der Waals surface area contributed by atoms with Crippen LogP contribution in [0, 0.1) is 13.8 Å². The summed E-state index contributed by atoms with van der Waals surface area (Å²) in [5.74, 6) is 0.795. The monoisotopic (exact) mass is 162 g/mol. The third kappa shape index (κ3) is 0.978. The third-order valence-electron chi connectivity index (χ3n) is 2.07. The Morgan fingerprint density at radius 2 is 2.25 bits per heavy atom. The first-order chi connectivity index (χ1) is 5.66. The first-order valence-corrected chi connectivity index (χ1v) is 3.94. The van der Waals surface area contributed by atoms with E-state index >= 15 is 0 Å². The molecule has 1 aliphatic rings. The SMILES string of the molecule is Cc1cc(C)c2c(n1)NC(=O)C2. The molecular formula is C9H10N2O. The second-order valence-electron chi connectivity index (χ2n) is 3.13. The Balaban J connectivity index is 2.59. The number of carbonyl (C=O) groups is 1. The first-order valence-electron chi connectivity index (χ1n) is 3.94. The van der Waals surface area contributed by atoms with E-state index in [1.165, 1.54) is 0 Å². The van der Waals surface area contributed by atoms with E-state index in [1.54, 1.807) is 0 Å². The van der Waals surface area contributed by atoms with E-state index in [9.17, 15) is 4.79 Å². The van der Waals surface area contributed by atoms with Crippen molar-refractivity contribution >= 4 is 11.7 Å². The minimum Gasteiger partial charge on any atom is -0.310 e. The smallest absolute Gasteiger partial charge is 0.230 e. The summed E-state index contributed by atoms with van der Waals surface area (Å²) in [6.45, 7) is 3.94. The van der Waals surface area contributed by atoms with E-state index in [2.05, 4.69) is 10.3 Å². The van der Waals surface area contributed by atoms with Gasteiger partial charge in [-0.05, 0) is 25.5 Å². The molecular weight excluding hydrogens is 152 g/mol. The molecule has 0 bridgehead atoms. The maximum atomic E-state index is 11.0. The molecule has 0 fully saturated rings. The molecule has 3 heteroatoms. The maximum Gasteiger partial charge on any atom is 0.230 e. The van der Waals surface area contributed by atoms with Crippen LogP contribution in [-0.2, 0) is 11.2 Å². The summed E-state index contributed by atoms with van der Waals surface area (Å²) >= 11 is 0. The lowest BCUT2D eigenvalue weighted by atomic mass is 10.1. The molecule has 1 aliphatic heterocycles. The number of nitrogens with zero attached hydrogens (tertiary/aromatic N) is 1. The molecule has 0 saturated carbocycles. The van der Waals surface area contributed by atoms with E-state index in [1.807, 2.05) is 19.9 Å². The van der Waals surface area contributed by atoms with Crippen molar-refractivity contribution in [3.63, 3.8) is 0 Å². The molecule has 0 saturated heterocycles. The second-order valence-corrected chi connectivity index (χ2v) is 3.13. The molecule has 0 spiro atoms. The number of hydrogen-bond donors (Lipinski definition) is 1. The van der Waals surface area contributed by atoms with Gasteiger partial charge in [0.25, 0.3) is 0 Å². The van der Waals surface area contributed by atoms with Gasteiger partial charge in [0, 0.05) is 11.3 Å². The Morgan fingerprint density at radius 1 is 1.50 bits per heavy atom. The van der Waals surface area contributed by atoms with E-state index < -0.39 is 0 Å². The van der Waals surface area contributed by atoms with Crippen LogP contribution in [0.2, 0.25) is 0 Å². The molecule has 2 heterocycles. The van der Waals surface area contributed by atoms with Crippen molar-refractivity contribution in [2.75, 3.05) is 5.32 Å². The van der Waals surface area contributed by atoms with Crippen molar-refractivity contribution in [2.45, 2.75) is 20.3 Å². The van der Waals surface area contributed by atoms with Gasteiger partial charge >= 0.3 is 0 Å². The lowest BCUT2D eigenvalue weighted by molar-refractivity contribution is -0.115. The van der Waals surface area contributed by atoms with Crippen molar-refractivity contribution < 1.29 is 4.79 Å². The molecule has 2 rings (SSSR count). The van der Waals surface area contributed by atoms with Crippen LogP contribution in [0.25, 0.3) is 0 Å². The van der Waals surface area contributed by atoms with E-state index in [0.29, 0.717) is 6.42 Å². The molecule has 0 atom stereocenters. The molecule has 1 aromatic rings. The second kappa shape index (κ2) is 2.30. The van der Waals surface area contributed by atoms with Gasteiger partial charge in [0.05, 0.1) is 6.42 Å². The number of pyridine rings is 1. The molecule has 1 aromatic heterocycles. The van der Waals surface area contributed by atoms with Crippen molar-refractivity contribution in [1.29, 1.82) is 0 Å². The van der Waals surface area contributed by atoms with Crippen molar-refractivity contribution in [3.05, 3.63) is 22.9 Å². The number of hydrogen-bond acceptors (Lipinski definition) is 2. The lowest BCUT2D eigenvalue weighted by Gasteiger charge is -2.02. The molecule has 1 amide bonds. The molecule has 3 nitrogen and oxygen atoms in total. The zero-order chi connectivity index (χ0) is 8.72. The van der Waals surface area contributed by atoms with Gasteiger partial charge in [0.2, 0.25) is 5.91 Å². The highest BCUT2D eigenvalue weighted by Gasteiger charge is 2.20. The number of nitrogens with one attached hydrogen (secondary N) is 1. The fraction of sp³-hybridized carbons (Fsp3) is 0.333. The predicted octanol–water partition coefficient (Wildman–Crippen LogP) is 1.19. The molecule has 12 heavy (non-hydrogen) atoms. The zero-order valence-corrected chi connectivity index (χ0v) is 7.14. The molecule has 0 radical (unpaired) electrons. The number of aryl methyl sites for hydroxylation is 2. The summed E-state index contributed by atoms with van der Waals surface area (Å²) in [4.78, 5) is 15.2. The van der Waals surface area contributed by atoms with Crippen LogP contribution >= 0.6 is 0 Å². The number of amides is 1. The Kier molecular flexibility index (Phi) is 1.40. The van der Waals surface area contributed by atoms with Gasteiger partial charge in [0.1, 0.15) is 5.82 Å². The highest BCUT2D eigenvalue weighted by molar-refractivity contribution is 5.98. The molecule has 1 N–H and O–H groups in total. The van der Waals surface area contributed by atoms with Crippen LogP contribution in [0.15, 0.2) is 6.07 Å². The van der Waals surface area contributed by atoms with Crippen molar-refractivity contribution in [2.24, 2.45) is 0 Å². The summed E-state index contributed by atoms with van der Waals surface area (Å²) in [5, 5.41) is 2.73. The number of rotatable bonds is 0. The van der Waals surface area contributed by atoms with E-state index in [-0.39, 0.29) is 5.91 Å². The van der Waals surface area contributed by atoms with Crippen LogP contribution in [0.1, 0.15) is 16.8 Å². The van der Waals surface area contributed by atoms with Crippen LogP contribution < -0.4 is 5.32 Å². The number of fused-ring (bicyclic) bond motifs is 1. The van der Waals surface area contributed by atoms with Crippen LogP contribution in [-0.4, -0.2) is 10.9 Å². The average Bonchev–Trinajstić information content (AvgIpc) is 2.29. The van der Waals surface area contributed by atoms with Gasteiger partial charge in [-0.1, -0.05) is 0 Å². The Morgan fingerprint density at radius 3 is 3.00 bits per heavy atom. The van der Waals surface area contributed by atoms with Gasteiger partial charge in [-0.3, -0.25) is 4.79 Å². The molecule has 0 aliphatic carbocycles. The number of aromatic nitrogens is 1. The van der Waals surface area contributed by atoms with Crippen LogP contribution in [0.5, 0.6) is 0 Å². The number of anilines is 1. The van der Waals surface area contributed by atoms with Gasteiger partial charge in [-0.15, -0.1) is 0 Å². The predicted molar refractivity (Wildman–Crippen MR) is 46.0 cm³/mol. The molecule has 0 unspecified atom stereocenters. The number of carbonyl (C=O) groups excluding carboxylic acids is 1. The quantitative estimate of drug-likeness (QED) is 0.622. The van der Waals surface area contributed by atoms with Gasteiger partial charge in [-0.2, -0.15) is 0 Å². The fourth-order valence-electron chi connectivity index (χ4n) is 1.53. The van der Waals surface area contributed by atoms with Crippen LogP contribution in [0.4, 0.5) is 5.82 Å². The average molecular weight is 162 g/mol. The Bertz CT molecular complexity index is 358. The summed E-state index contributed by atoms with van der Waals surface area (Å²) in [5.41, 5.74) is 3.15. The van der Waals surface area contributed by atoms with Gasteiger partial charge in [-0.25, -0.2) is 4.98 Å². The van der Waals surface area contributed by atoms with E-state index in [0.717, 1.165) is 22.6 Å². The standard InChI is InChI=1S/C9H10N2O/c1-5-3-6(2)10-9-7(5)4-8(12)11-9/h3H,4H2,1-2H3,(H,10,11,12). The van der Waals surface area contributed by atoms with Crippen molar-refractivity contribution in [3.8, 4) is 0 Å². The normalized spacial score (nSPS) is 14.3. The van der Waals surface area contributed by atoms with Crippen LogP contribution in [0.3, 0.4) is 0 Å². The topological polar surface area (TPSA) is 42.0 Å². The third-order valence-corrected chi connectivity index (χ3v) is 2.07. The maximum absolute atomic E-state index is 11.0. The summed E-state index contributed by atoms with van der Waals surface area (Å²) in [7, 11) is 0. The zero-order valence-electron chi connectivity index (χ0n) is 7.14. The molecule has 0 aromatic carbocycles. The minimum atomic E-state index is 0.0474. The summed E-state index contributed by atoms with van der Waals surface area (Å²) in [6.07, 6.45) is 0.481. The summed E-state index contributed by atoms with van der Waals surface area (Å²) in [6, 6.07) is 2.00. The lowest BCUT2D eigenvalue weighted by Crippen LogP contribution is -2.04. The highest BCUT2D eigenvalue weighted by Crippen LogP contribution is 2.24. The Hall–Kier alpha value is -1.38. The Labute approximate surface area is 70.8 Å². The highest BCUT2D eigenvalue weighted by atomic mass is 16.1. The summed E-state index contributed by atoms with van der Waals surface area (Å²) < 4.78 is 0. The fourth-order valence-corrected chi connectivity index (χ4v) is 1.53. The van der Waals surface area contributed by atoms with E-state index in [4.69, 9.17) is 0 Å². The van der Waals surface area contributed by atoms with Crippen molar-refractivity contribution in [1.82, 2.24) is 4.98 Å². The van der Waals surface area contributed by atoms with Gasteiger partial charge in [0.15, 0.2) is 0 Å². The largest absolute Gasteiger partial charge is 0.310 e.